The second-order valence-corrected chi connectivity index (χ2v) is 8.79. The van der Waals surface area contributed by atoms with Crippen molar-refractivity contribution in [3.05, 3.63) is 76.5 Å². The highest BCUT2D eigenvalue weighted by molar-refractivity contribution is 7.98. The van der Waals surface area contributed by atoms with Crippen LogP contribution >= 0.6 is 11.8 Å². The molecule has 0 spiro atoms. The number of hydrogen-bond acceptors (Lipinski definition) is 5. The lowest BCUT2D eigenvalue weighted by atomic mass is 9.97. The van der Waals surface area contributed by atoms with Crippen molar-refractivity contribution in [3.63, 3.8) is 0 Å². The van der Waals surface area contributed by atoms with E-state index in [2.05, 4.69) is 21.0 Å². The Kier molecular flexibility index (Phi) is 6.09. The van der Waals surface area contributed by atoms with E-state index < -0.39 is 0 Å². The molecule has 5 nitrogen and oxygen atoms in total. The van der Waals surface area contributed by atoms with Gasteiger partial charge in [0.05, 0.1) is 11.9 Å². The average Bonchev–Trinajstić information content (AvgIpc) is 3.16. The predicted molar refractivity (Wildman–Crippen MR) is 117 cm³/mol. The molecule has 0 unspecified atom stereocenters. The van der Waals surface area contributed by atoms with E-state index in [-0.39, 0.29) is 5.56 Å². The zero-order chi connectivity index (χ0) is 20.2. The van der Waals surface area contributed by atoms with E-state index in [0.717, 1.165) is 40.5 Å². The van der Waals surface area contributed by atoms with Crippen molar-refractivity contribution >= 4 is 11.8 Å². The highest BCUT2D eigenvalue weighted by Gasteiger charge is 2.26. The van der Waals surface area contributed by atoms with Crippen LogP contribution in [0.15, 0.2) is 58.7 Å². The van der Waals surface area contributed by atoms with Gasteiger partial charge >= 0.3 is 0 Å². The molecule has 4 rings (SSSR count). The van der Waals surface area contributed by atoms with Gasteiger partial charge < -0.3 is 0 Å². The molecule has 2 atom stereocenters. The topological polar surface area (TPSA) is 60.7 Å². The summed E-state index contributed by atoms with van der Waals surface area (Å²) < 4.78 is 1.64. The molecule has 29 heavy (non-hydrogen) atoms. The summed E-state index contributed by atoms with van der Waals surface area (Å²) in [6.45, 7) is 1.92. The first kappa shape index (κ1) is 19.8. The number of aryl methyl sites for hydroxylation is 1. The summed E-state index contributed by atoms with van der Waals surface area (Å²) in [5.41, 5.74) is 2.86. The largest absolute Gasteiger partial charge is 0.283 e. The molecule has 3 aromatic heterocycles. The van der Waals surface area contributed by atoms with Gasteiger partial charge in [0.2, 0.25) is 0 Å². The first-order valence-corrected chi connectivity index (χ1v) is 11.3. The monoisotopic (exact) mass is 406 g/mol. The van der Waals surface area contributed by atoms with Gasteiger partial charge in [0.25, 0.3) is 5.56 Å². The van der Waals surface area contributed by atoms with Crippen LogP contribution in [0, 0.1) is 18.8 Å². The maximum Gasteiger partial charge on any atom is 0.255 e. The standard InChI is InChI=1S/C23H26N4OS/c1-16-7-8-27(23(28)9-16)20-6-5-19(24-13-20)11-17-3-4-18(10-17)12-22-25-14-21(29-2)15-26-22/h5-9,13-15,17-18H,3-4,10-12H2,1-2H3/t17-,18-/m0/s1. The third-order valence-corrected chi connectivity index (χ3v) is 6.38. The summed E-state index contributed by atoms with van der Waals surface area (Å²) in [4.78, 5) is 26.9. The average molecular weight is 407 g/mol. The summed E-state index contributed by atoms with van der Waals surface area (Å²) >= 11 is 1.67. The molecule has 0 aromatic carbocycles. The van der Waals surface area contributed by atoms with Gasteiger partial charge in [-0.05, 0) is 74.5 Å². The molecule has 3 heterocycles. The quantitative estimate of drug-likeness (QED) is 0.573. The molecule has 1 aliphatic carbocycles. The van der Waals surface area contributed by atoms with Crippen molar-refractivity contribution < 1.29 is 0 Å². The van der Waals surface area contributed by atoms with Gasteiger partial charge in [0.1, 0.15) is 5.82 Å². The van der Waals surface area contributed by atoms with Crippen molar-refractivity contribution in [1.82, 2.24) is 19.5 Å². The van der Waals surface area contributed by atoms with E-state index in [1.165, 1.54) is 19.3 Å². The molecule has 0 amide bonds. The maximum atomic E-state index is 12.1. The fourth-order valence-corrected chi connectivity index (χ4v) is 4.44. The third-order valence-electron chi connectivity index (χ3n) is 5.70. The Labute approximate surface area is 175 Å². The molecule has 150 valence electrons. The van der Waals surface area contributed by atoms with Gasteiger partial charge in [0.15, 0.2) is 0 Å². The van der Waals surface area contributed by atoms with Crippen LogP contribution in [0.5, 0.6) is 0 Å². The SMILES string of the molecule is CSc1cnc(C[C@H]2CC[C@H](Cc3ccc(-n4ccc(C)cc4=O)cn3)C2)nc1. The second kappa shape index (κ2) is 8.91. The summed E-state index contributed by atoms with van der Waals surface area (Å²) in [6.07, 6.45) is 15.1. The number of nitrogens with zero attached hydrogens (tertiary/aromatic N) is 4. The molecular weight excluding hydrogens is 380 g/mol. The number of aromatic nitrogens is 4. The van der Waals surface area contributed by atoms with Gasteiger partial charge in [-0.2, -0.15) is 0 Å². The van der Waals surface area contributed by atoms with Crippen LogP contribution in [-0.4, -0.2) is 25.8 Å². The molecule has 1 fully saturated rings. The highest BCUT2D eigenvalue weighted by atomic mass is 32.2. The van der Waals surface area contributed by atoms with E-state index in [9.17, 15) is 4.79 Å². The normalized spacial score (nSPS) is 18.8. The van der Waals surface area contributed by atoms with Gasteiger partial charge in [-0.1, -0.05) is 0 Å². The zero-order valence-electron chi connectivity index (χ0n) is 16.9. The van der Waals surface area contributed by atoms with Crippen LogP contribution < -0.4 is 5.56 Å². The van der Waals surface area contributed by atoms with Crippen molar-refractivity contribution in [2.75, 3.05) is 6.26 Å². The Morgan fingerprint density at radius 1 is 1.03 bits per heavy atom. The fraction of sp³-hybridized carbons (Fsp3) is 0.391. The van der Waals surface area contributed by atoms with Crippen LogP contribution in [0.25, 0.3) is 5.69 Å². The minimum atomic E-state index is -0.0223. The molecule has 0 N–H and O–H groups in total. The van der Waals surface area contributed by atoms with E-state index >= 15 is 0 Å². The Morgan fingerprint density at radius 2 is 1.79 bits per heavy atom. The molecule has 0 saturated heterocycles. The number of rotatable bonds is 6. The highest BCUT2D eigenvalue weighted by Crippen LogP contribution is 2.34. The van der Waals surface area contributed by atoms with Crippen LogP contribution in [0.1, 0.15) is 36.3 Å². The predicted octanol–water partition coefficient (Wildman–Crippen LogP) is 4.25. The van der Waals surface area contributed by atoms with E-state index in [1.54, 1.807) is 28.6 Å². The molecule has 3 aromatic rings. The Balaban J connectivity index is 1.34. The smallest absolute Gasteiger partial charge is 0.255 e. The summed E-state index contributed by atoms with van der Waals surface area (Å²) in [5, 5.41) is 0. The number of pyridine rings is 2. The van der Waals surface area contributed by atoms with Crippen LogP contribution in [0.2, 0.25) is 0 Å². The molecule has 0 radical (unpaired) electrons. The first-order chi connectivity index (χ1) is 14.1. The van der Waals surface area contributed by atoms with Crippen LogP contribution in [0.3, 0.4) is 0 Å². The molecule has 6 heteroatoms. The summed E-state index contributed by atoms with van der Waals surface area (Å²) in [5.74, 6) is 2.27. The lowest BCUT2D eigenvalue weighted by Gasteiger charge is -2.12. The Morgan fingerprint density at radius 3 is 2.45 bits per heavy atom. The Bertz CT molecular complexity index is 1010. The Hall–Kier alpha value is -2.47. The van der Waals surface area contributed by atoms with Gasteiger partial charge in [0, 0.05) is 41.7 Å². The lowest BCUT2D eigenvalue weighted by Crippen LogP contribution is -2.17. The molecular formula is C23H26N4OS. The number of hydrogen-bond donors (Lipinski definition) is 0. The summed E-state index contributed by atoms with van der Waals surface area (Å²) in [7, 11) is 0. The van der Waals surface area contributed by atoms with Gasteiger partial charge in [-0.25, -0.2) is 9.97 Å². The van der Waals surface area contributed by atoms with Crippen LogP contribution in [-0.2, 0) is 12.8 Å². The molecule has 0 bridgehead atoms. The summed E-state index contributed by atoms with van der Waals surface area (Å²) in [6, 6.07) is 7.63. The molecule has 1 saturated carbocycles. The lowest BCUT2D eigenvalue weighted by molar-refractivity contribution is 0.476. The zero-order valence-corrected chi connectivity index (χ0v) is 17.7. The minimum absolute atomic E-state index is 0.0223. The van der Waals surface area contributed by atoms with E-state index in [0.29, 0.717) is 11.8 Å². The first-order valence-electron chi connectivity index (χ1n) is 10.1. The van der Waals surface area contributed by atoms with Gasteiger partial charge in [-0.15, -0.1) is 11.8 Å². The van der Waals surface area contributed by atoms with E-state index in [1.807, 2.05) is 43.9 Å². The fourth-order valence-electron chi connectivity index (χ4n) is 4.13. The van der Waals surface area contributed by atoms with Crippen molar-refractivity contribution in [1.29, 1.82) is 0 Å². The third kappa shape index (κ3) is 4.93. The van der Waals surface area contributed by atoms with Crippen molar-refractivity contribution in [2.45, 2.75) is 43.9 Å². The van der Waals surface area contributed by atoms with Gasteiger partial charge in [-0.3, -0.25) is 14.3 Å². The van der Waals surface area contributed by atoms with Crippen LogP contribution in [0.4, 0.5) is 0 Å². The van der Waals surface area contributed by atoms with Crippen molar-refractivity contribution in [2.24, 2.45) is 11.8 Å². The molecule has 1 aliphatic rings. The maximum absolute atomic E-state index is 12.1. The number of thioether (sulfide) groups is 1. The second-order valence-electron chi connectivity index (χ2n) is 7.91. The van der Waals surface area contributed by atoms with E-state index in [4.69, 9.17) is 0 Å². The minimum Gasteiger partial charge on any atom is -0.283 e. The molecule has 0 aliphatic heterocycles. The van der Waals surface area contributed by atoms with Crippen molar-refractivity contribution in [3.8, 4) is 5.69 Å².